The molecule has 1 amide bonds. The van der Waals surface area contributed by atoms with E-state index >= 15 is 0 Å². The van der Waals surface area contributed by atoms with E-state index in [0.29, 0.717) is 35.1 Å². The largest absolute Gasteiger partial charge is 0.493 e. The normalized spacial score (nSPS) is 14.2. The summed E-state index contributed by atoms with van der Waals surface area (Å²) in [5, 5.41) is 0. The molecule has 0 radical (unpaired) electrons. The average molecular weight is 357 g/mol. The molecule has 0 fully saturated rings. The summed E-state index contributed by atoms with van der Waals surface area (Å²) < 4.78 is 26.9. The zero-order valence-electron chi connectivity index (χ0n) is 14.8. The second kappa shape index (κ2) is 6.33. The molecule has 0 unspecified atom stereocenters. The number of hydrogen-bond acceptors (Lipinski definition) is 6. The Morgan fingerprint density at radius 3 is 2.23 bits per heavy atom. The molecule has 7 heteroatoms. The van der Waals surface area contributed by atoms with E-state index in [2.05, 4.69) is 0 Å². The van der Waals surface area contributed by atoms with Crippen LogP contribution in [-0.4, -0.2) is 40.6 Å². The number of ether oxygens (including phenoxy) is 5. The van der Waals surface area contributed by atoms with Gasteiger partial charge in [-0.1, -0.05) is 0 Å². The molecule has 2 aliphatic rings. The molecule has 0 atom stereocenters. The molecule has 26 heavy (non-hydrogen) atoms. The fraction of sp³-hybridized carbons (Fsp3) is 0.316. The molecular formula is C19H19NO6. The lowest BCUT2D eigenvalue weighted by Gasteiger charge is -2.19. The molecule has 0 saturated heterocycles. The Bertz CT molecular complexity index is 854. The summed E-state index contributed by atoms with van der Waals surface area (Å²) in [6, 6.07) is 7.13. The van der Waals surface area contributed by atoms with Crippen LogP contribution >= 0.6 is 0 Å². The van der Waals surface area contributed by atoms with Crippen molar-refractivity contribution in [1.29, 1.82) is 0 Å². The van der Waals surface area contributed by atoms with Gasteiger partial charge in [-0.05, 0) is 30.2 Å². The van der Waals surface area contributed by atoms with Crippen molar-refractivity contribution in [1.82, 2.24) is 0 Å². The summed E-state index contributed by atoms with van der Waals surface area (Å²) in [7, 11) is 4.58. The number of methoxy groups -OCH3 is 3. The number of rotatable bonds is 4. The lowest BCUT2D eigenvalue weighted by atomic mass is 10.1. The van der Waals surface area contributed by atoms with E-state index in [-0.39, 0.29) is 12.7 Å². The minimum Gasteiger partial charge on any atom is -0.493 e. The van der Waals surface area contributed by atoms with Crippen LogP contribution in [0.15, 0.2) is 24.3 Å². The number of hydrogen-bond donors (Lipinski definition) is 0. The predicted molar refractivity (Wildman–Crippen MR) is 94.0 cm³/mol. The van der Waals surface area contributed by atoms with Gasteiger partial charge >= 0.3 is 0 Å². The standard InChI is InChI=1S/C19H19NO6/c1-22-16-7-12(8-17(23-2)18(16)24-3)19(21)20-5-4-11-6-14-15(9-13(11)20)26-10-25-14/h6-9H,4-5,10H2,1-3H3. The van der Waals surface area contributed by atoms with Crippen LogP contribution in [0.2, 0.25) is 0 Å². The summed E-state index contributed by atoms with van der Waals surface area (Å²) in [5.74, 6) is 2.60. The third-order valence-corrected chi connectivity index (χ3v) is 4.63. The number of fused-ring (bicyclic) bond motifs is 2. The summed E-state index contributed by atoms with van der Waals surface area (Å²) in [5.41, 5.74) is 2.37. The number of benzene rings is 2. The topological polar surface area (TPSA) is 66.5 Å². The molecule has 0 bridgehead atoms. The minimum atomic E-state index is -0.137. The van der Waals surface area contributed by atoms with Crippen molar-refractivity contribution in [2.45, 2.75) is 6.42 Å². The highest BCUT2D eigenvalue weighted by molar-refractivity contribution is 6.08. The Hall–Kier alpha value is -3.09. The summed E-state index contributed by atoms with van der Waals surface area (Å²) in [6.07, 6.45) is 0.766. The van der Waals surface area contributed by atoms with E-state index in [4.69, 9.17) is 23.7 Å². The number of amides is 1. The van der Waals surface area contributed by atoms with Gasteiger partial charge in [0.05, 0.1) is 27.0 Å². The first-order chi connectivity index (χ1) is 12.7. The van der Waals surface area contributed by atoms with Gasteiger partial charge in [0.25, 0.3) is 5.91 Å². The molecule has 2 aromatic carbocycles. The van der Waals surface area contributed by atoms with Crippen LogP contribution in [0.3, 0.4) is 0 Å². The molecule has 136 valence electrons. The smallest absolute Gasteiger partial charge is 0.258 e. The number of carbonyl (C=O) groups excluding carboxylic acids is 1. The Labute approximate surface area is 151 Å². The first-order valence-electron chi connectivity index (χ1n) is 8.20. The highest BCUT2D eigenvalue weighted by Gasteiger charge is 2.30. The highest BCUT2D eigenvalue weighted by atomic mass is 16.7. The predicted octanol–water partition coefficient (Wildman–Crippen LogP) is 2.64. The third kappa shape index (κ3) is 2.47. The van der Waals surface area contributed by atoms with Crippen molar-refractivity contribution in [3.05, 3.63) is 35.4 Å². The van der Waals surface area contributed by atoms with Crippen molar-refractivity contribution in [3.8, 4) is 28.7 Å². The van der Waals surface area contributed by atoms with Crippen molar-refractivity contribution in [2.75, 3.05) is 39.6 Å². The fourth-order valence-electron chi connectivity index (χ4n) is 3.35. The maximum Gasteiger partial charge on any atom is 0.258 e. The van der Waals surface area contributed by atoms with Gasteiger partial charge in [0.1, 0.15) is 0 Å². The van der Waals surface area contributed by atoms with Crippen LogP contribution in [0, 0.1) is 0 Å². The minimum absolute atomic E-state index is 0.137. The first-order valence-corrected chi connectivity index (χ1v) is 8.20. The van der Waals surface area contributed by atoms with E-state index in [1.165, 1.54) is 21.3 Å². The number of nitrogens with zero attached hydrogens (tertiary/aromatic N) is 1. The van der Waals surface area contributed by atoms with Crippen LogP contribution in [0.1, 0.15) is 15.9 Å². The quantitative estimate of drug-likeness (QED) is 0.838. The summed E-state index contributed by atoms with van der Waals surface area (Å²) in [6.45, 7) is 0.798. The fourth-order valence-corrected chi connectivity index (χ4v) is 3.35. The Kier molecular flexibility index (Phi) is 3.99. The molecule has 2 aromatic rings. The number of carbonyl (C=O) groups is 1. The molecule has 2 heterocycles. The Morgan fingerprint density at radius 1 is 0.962 bits per heavy atom. The van der Waals surface area contributed by atoms with Crippen LogP contribution in [0.5, 0.6) is 28.7 Å². The van der Waals surface area contributed by atoms with Gasteiger partial charge in [0.15, 0.2) is 23.0 Å². The van der Waals surface area contributed by atoms with E-state index in [9.17, 15) is 4.79 Å². The molecular weight excluding hydrogens is 338 g/mol. The van der Waals surface area contributed by atoms with Crippen molar-refractivity contribution in [3.63, 3.8) is 0 Å². The van der Waals surface area contributed by atoms with Gasteiger partial charge in [-0.15, -0.1) is 0 Å². The molecule has 0 spiro atoms. The van der Waals surface area contributed by atoms with Crippen LogP contribution in [-0.2, 0) is 6.42 Å². The van der Waals surface area contributed by atoms with Crippen molar-refractivity contribution < 1.29 is 28.5 Å². The maximum atomic E-state index is 13.1. The second-order valence-corrected chi connectivity index (χ2v) is 5.95. The lowest BCUT2D eigenvalue weighted by molar-refractivity contribution is 0.0988. The van der Waals surface area contributed by atoms with E-state index < -0.39 is 0 Å². The van der Waals surface area contributed by atoms with Crippen molar-refractivity contribution in [2.24, 2.45) is 0 Å². The van der Waals surface area contributed by atoms with Gasteiger partial charge < -0.3 is 28.6 Å². The van der Waals surface area contributed by atoms with E-state index in [1.807, 2.05) is 12.1 Å². The SMILES string of the molecule is COc1cc(C(=O)N2CCc3cc4c(cc32)OCO4)cc(OC)c1OC. The number of anilines is 1. The van der Waals surface area contributed by atoms with Gasteiger partial charge in [-0.2, -0.15) is 0 Å². The molecule has 0 aliphatic carbocycles. The lowest BCUT2D eigenvalue weighted by Crippen LogP contribution is -2.29. The van der Waals surface area contributed by atoms with Crippen molar-refractivity contribution >= 4 is 11.6 Å². The third-order valence-electron chi connectivity index (χ3n) is 4.63. The Morgan fingerprint density at radius 2 is 1.62 bits per heavy atom. The molecule has 7 nitrogen and oxygen atoms in total. The van der Waals surface area contributed by atoms with Gasteiger partial charge in [-0.3, -0.25) is 4.79 Å². The zero-order chi connectivity index (χ0) is 18.3. The van der Waals surface area contributed by atoms with Crippen LogP contribution in [0.25, 0.3) is 0 Å². The van der Waals surface area contributed by atoms with Gasteiger partial charge in [0.2, 0.25) is 12.5 Å². The molecule has 4 rings (SSSR count). The second-order valence-electron chi connectivity index (χ2n) is 5.95. The maximum absolute atomic E-state index is 13.1. The molecule has 2 aliphatic heterocycles. The van der Waals surface area contributed by atoms with Gasteiger partial charge in [0, 0.05) is 18.2 Å². The summed E-state index contributed by atoms with van der Waals surface area (Å²) in [4.78, 5) is 14.9. The monoisotopic (exact) mass is 357 g/mol. The van der Waals surface area contributed by atoms with Gasteiger partial charge in [-0.25, -0.2) is 0 Å². The van der Waals surface area contributed by atoms with E-state index in [0.717, 1.165) is 23.4 Å². The average Bonchev–Trinajstić information content (AvgIpc) is 3.30. The zero-order valence-corrected chi connectivity index (χ0v) is 14.8. The Balaban J connectivity index is 1.72. The molecule has 0 aromatic heterocycles. The van der Waals surface area contributed by atoms with Crippen LogP contribution < -0.4 is 28.6 Å². The summed E-state index contributed by atoms with van der Waals surface area (Å²) >= 11 is 0. The highest BCUT2D eigenvalue weighted by Crippen LogP contribution is 2.43. The molecule has 0 N–H and O–H groups in total. The van der Waals surface area contributed by atoms with E-state index in [1.54, 1.807) is 17.0 Å². The van der Waals surface area contributed by atoms with Crippen LogP contribution in [0.4, 0.5) is 5.69 Å². The molecule has 0 saturated carbocycles. The first kappa shape index (κ1) is 16.4.